The number of amides is 1. The molecule has 0 aliphatic carbocycles. The van der Waals surface area contributed by atoms with Gasteiger partial charge < -0.3 is 10.1 Å². The van der Waals surface area contributed by atoms with E-state index < -0.39 is 21.9 Å². The monoisotopic (exact) mass is 346 g/mol. The molecule has 1 N–H and O–H groups in total. The Bertz CT molecular complexity index is 704. The first kappa shape index (κ1) is 16.6. The standard InChI is InChI=1S/C13H15ClN2O5S/c1-2-21-13(18)12(17)15-11-8-9(4-5-10(11)14)16-6-3-7-22(16,19)20/h4-5,8H,2-3,6-7H2,1H3,(H,15,17). The highest BCUT2D eigenvalue weighted by Gasteiger charge is 2.29. The average molecular weight is 347 g/mol. The van der Waals surface area contributed by atoms with E-state index >= 15 is 0 Å². The molecule has 9 heteroatoms. The third kappa shape index (κ3) is 3.50. The van der Waals surface area contributed by atoms with Crippen molar-refractivity contribution in [3.8, 4) is 0 Å². The van der Waals surface area contributed by atoms with Gasteiger partial charge in [-0.2, -0.15) is 0 Å². The summed E-state index contributed by atoms with van der Waals surface area (Å²) in [6, 6.07) is 4.43. The van der Waals surface area contributed by atoms with Gasteiger partial charge in [-0.1, -0.05) is 11.6 Å². The van der Waals surface area contributed by atoms with E-state index in [4.69, 9.17) is 11.6 Å². The maximum absolute atomic E-state index is 11.9. The van der Waals surface area contributed by atoms with Crippen LogP contribution in [-0.2, 0) is 24.3 Å². The first-order valence-corrected chi connectivity index (χ1v) is 8.62. The number of hydrogen-bond acceptors (Lipinski definition) is 5. The van der Waals surface area contributed by atoms with Crippen LogP contribution in [0.15, 0.2) is 18.2 Å². The first-order chi connectivity index (χ1) is 10.3. The molecule has 0 saturated carbocycles. The van der Waals surface area contributed by atoms with E-state index in [1.54, 1.807) is 13.0 Å². The number of carbonyl (C=O) groups excluding carboxylic acids is 2. The molecule has 1 aliphatic heterocycles. The molecular weight excluding hydrogens is 332 g/mol. The van der Waals surface area contributed by atoms with Gasteiger partial charge >= 0.3 is 11.9 Å². The molecule has 1 aliphatic rings. The predicted molar refractivity (Wildman–Crippen MR) is 82.5 cm³/mol. The van der Waals surface area contributed by atoms with Crippen LogP contribution in [0.25, 0.3) is 0 Å². The number of nitrogens with one attached hydrogen (secondary N) is 1. The van der Waals surface area contributed by atoms with Gasteiger partial charge in [0.2, 0.25) is 10.0 Å². The average Bonchev–Trinajstić information content (AvgIpc) is 2.81. The van der Waals surface area contributed by atoms with Gasteiger partial charge in [-0.15, -0.1) is 0 Å². The Morgan fingerprint density at radius 1 is 1.41 bits per heavy atom. The van der Waals surface area contributed by atoms with Crippen molar-refractivity contribution in [3.63, 3.8) is 0 Å². The number of benzene rings is 1. The normalized spacial score (nSPS) is 16.4. The summed E-state index contributed by atoms with van der Waals surface area (Å²) in [4.78, 5) is 23.0. The third-order valence-corrected chi connectivity index (χ3v) is 5.25. The van der Waals surface area contributed by atoms with Crippen LogP contribution >= 0.6 is 11.6 Å². The number of ether oxygens (including phenoxy) is 1. The van der Waals surface area contributed by atoms with Gasteiger partial charge in [-0.25, -0.2) is 13.2 Å². The molecule has 1 fully saturated rings. The molecule has 0 bridgehead atoms. The summed E-state index contributed by atoms with van der Waals surface area (Å²) in [5.74, 6) is -1.91. The van der Waals surface area contributed by atoms with Crippen LogP contribution in [0.3, 0.4) is 0 Å². The molecule has 0 spiro atoms. The molecule has 0 unspecified atom stereocenters. The molecule has 1 amide bonds. The zero-order valence-electron chi connectivity index (χ0n) is 11.8. The van der Waals surface area contributed by atoms with Gasteiger partial charge in [0, 0.05) is 6.54 Å². The van der Waals surface area contributed by atoms with Crippen LogP contribution in [0.2, 0.25) is 5.02 Å². The highest BCUT2D eigenvalue weighted by molar-refractivity contribution is 7.93. The largest absolute Gasteiger partial charge is 0.459 e. The summed E-state index contributed by atoms with van der Waals surface area (Å²) in [6.45, 7) is 2.03. The minimum atomic E-state index is -3.34. The van der Waals surface area contributed by atoms with Crippen molar-refractivity contribution < 1.29 is 22.7 Å². The SMILES string of the molecule is CCOC(=O)C(=O)Nc1cc(N2CCCS2(=O)=O)ccc1Cl. The summed E-state index contributed by atoms with van der Waals surface area (Å²) in [7, 11) is -3.34. The van der Waals surface area contributed by atoms with E-state index in [-0.39, 0.29) is 23.1 Å². The third-order valence-electron chi connectivity index (χ3n) is 3.05. The van der Waals surface area contributed by atoms with Crippen LogP contribution in [0.4, 0.5) is 11.4 Å². The molecule has 7 nitrogen and oxygen atoms in total. The molecule has 0 aromatic heterocycles. The lowest BCUT2D eigenvalue weighted by molar-refractivity contribution is -0.152. The van der Waals surface area contributed by atoms with Gasteiger partial charge in [0.25, 0.3) is 0 Å². The van der Waals surface area contributed by atoms with Gasteiger partial charge in [0.05, 0.1) is 28.8 Å². The lowest BCUT2D eigenvalue weighted by atomic mass is 10.2. The molecule has 1 aromatic rings. The number of halogens is 1. The van der Waals surface area contributed by atoms with Gasteiger partial charge in [-0.3, -0.25) is 9.10 Å². The molecular formula is C13H15ClN2O5S. The summed E-state index contributed by atoms with van der Waals surface area (Å²) in [5.41, 5.74) is 0.542. The van der Waals surface area contributed by atoms with E-state index in [1.165, 1.54) is 16.4 Å². The highest BCUT2D eigenvalue weighted by Crippen LogP contribution is 2.31. The van der Waals surface area contributed by atoms with Crippen molar-refractivity contribution in [1.82, 2.24) is 0 Å². The van der Waals surface area contributed by atoms with Crippen LogP contribution in [0, 0.1) is 0 Å². The van der Waals surface area contributed by atoms with Crippen molar-refractivity contribution in [3.05, 3.63) is 23.2 Å². The smallest absolute Gasteiger partial charge is 0.397 e. The first-order valence-electron chi connectivity index (χ1n) is 6.63. The molecule has 22 heavy (non-hydrogen) atoms. The molecule has 0 atom stereocenters. The van der Waals surface area contributed by atoms with Crippen molar-refractivity contribution in [2.75, 3.05) is 28.5 Å². The Kier molecular flexibility index (Phi) is 4.92. The summed E-state index contributed by atoms with van der Waals surface area (Å²) >= 11 is 5.97. The minimum absolute atomic E-state index is 0.0754. The maximum atomic E-state index is 11.9. The number of nitrogens with zero attached hydrogens (tertiary/aromatic N) is 1. The minimum Gasteiger partial charge on any atom is -0.459 e. The fourth-order valence-corrected chi connectivity index (χ4v) is 3.78. The quantitative estimate of drug-likeness (QED) is 0.659. The van der Waals surface area contributed by atoms with Crippen molar-refractivity contribution in [2.45, 2.75) is 13.3 Å². The highest BCUT2D eigenvalue weighted by atomic mass is 35.5. The molecule has 120 valence electrons. The lowest BCUT2D eigenvalue weighted by Crippen LogP contribution is -2.26. The zero-order chi connectivity index (χ0) is 16.3. The van der Waals surface area contributed by atoms with Gasteiger partial charge in [0.15, 0.2) is 0 Å². The van der Waals surface area contributed by atoms with Gasteiger partial charge in [0.1, 0.15) is 0 Å². The molecule has 1 saturated heterocycles. The van der Waals surface area contributed by atoms with Gasteiger partial charge in [-0.05, 0) is 31.5 Å². The molecule has 2 rings (SSSR count). The fourth-order valence-electron chi connectivity index (χ4n) is 2.06. The van der Waals surface area contributed by atoms with E-state index in [9.17, 15) is 18.0 Å². The van der Waals surface area contributed by atoms with Crippen LogP contribution in [0.1, 0.15) is 13.3 Å². The number of esters is 1. The Hall–Kier alpha value is -1.80. The Balaban J connectivity index is 2.24. The topological polar surface area (TPSA) is 92.8 Å². The van der Waals surface area contributed by atoms with E-state index in [1.807, 2.05) is 0 Å². The fraction of sp³-hybridized carbons (Fsp3) is 0.385. The number of anilines is 2. The maximum Gasteiger partial charge on any atom is 0.397 e. The van der Waals surface area contributed by atoms with Crippen LogP contribution in [-0.4, -0.2) is 39.2 Å². The van der Waals surface area contributed by atoms with E-state index in [0.29, 0.717) is 18.7 Å². The second kappa shape index (κ2) is 6.53. The van der Waals surface area contributed by atoms with Crippen molar-refractivity contribution in [1.29, 1.82) is 0 Å². The Labute approximate surface area is 133 Å². The van der Waals surface area contributed by atoms with E-state index in [2.05, 4.69) is 10.1 Å². The van der Waals surface area contributed by atoms with Crippen molar-refractivity contribution >= 4 is 44.9 Å². The Morgan fingerprint density at radius 2 is 2.14 bits per heavy atom. The molecule has 0 radical (unpaired) electrons. The zero-order valence-corrected chi connectivity index (χ0v) is 13.4. The summed E-state index contributed by atoms with van der Waals surface area (Å²) in [6.07, 6.45) is 0.537. The molecule has 1 aromatic carbocycles. The number of carbonyl (C=O) groups is 2. The number of sulfonamides is 1. The Morgan fingerprint density at radius 3 is 2.73 bits per heavy atom. The summed E-state index contributed by atoms with van der Waals surface area (Å²) < 4.78 is 29.6. The predicted octanol–water partition coefficient (Wildman–Crippen LogP) is 1.38. The second-order valence-corrected chi connectivity index (χ2v) is 7.00. The summed E-state index contributed by atoms with van der Waals surface area (Å²) in [5, 5.41) is 2.51. The number of hydrogen-bond donors (Lipinski definition) is 1. The lowest BCUT2D eigenvalue weighted by Gasteiger charge is -2.18. The number of rotatable bonds is 3. The van der Waals surface area contributed by atoms with Crippen LogP contribution < -0.4 is 9.62 Å². The van der Waals surface area contributed by atoms with E-state index in [0.717, 1.165) is 0 Å². The van der Waals surface area contributed by atoms with Crippen molar-refractivity contribution in [2.24, 2.45) is 0 Å². The second-order valence-electron chi connectivity index (χ2n) is 4.58. The van der Waals surface area contributed by atoms with Crippen LogP contribution in [0.5, 0.6) is 0 Å². The molecule has 1 heterocycles.